The quantitative estimate of drug-likeness (QED) is 0.676. The Morgan fingerprint density at radius 3 is 2.47 bits per heavy atom. The molecule has 0 spiro atoms. The molecule has 0 aliphatic heterocycles. The van der Waals surface area contributed by atoms with Crippen molar-refractivity contribution < 1.29 is 4.74 Å². The molecule has 1 fully saturated rings. The average molecular weight is 259 g/mol. The first-order valence-corrected chi connectivity index (χ1v) is 8.35. The summed E-state index contributed by atoms with van der Waals surface area (Å²) in [5.74, 6) is 0.754. The number of hydrogen-bond donors (Lipinski definition) is 1. The summed E-state index contributed by atoms with van der Waals surface area (Å²) in [5.41, 5.74) is 0. The second-order valence-electron chi connectivity index (χ2n) is 5.46. The van der Waals surface area contributed by atoms with Crippen molar-refractivity contribution in [3.8, 4) is 0 Å². The monoisotopic (exact) mass is 259 g/mol. The molecule has 0 aromatic heterocycles. The molecule has 0 atom stereocenters. The van der Waals surface area contributed by atoms with E-state index in [0.717, 1.165) is 37.0 Å². The fraction of sp³-hybridized carbons (Fsp3) is 1.00. The van der Waals surface area contributed by atoms with Gasteiger partial charge in [-0.15, -0.1) is 0 Å². The fourth-order valence-corrected chi connectivity index (χ4v) is 3.00. The Labute approximate surface area is 111 Å². The molecule has 2 nitrogen and oxygen atoms in total. The first kappa shape index (κ1) is 15.3. The van der Waals surface area contributed by atoms with E-state index in [9.17, 15) is 0 Å². The highest BCUT2D eigenvalue weighted by Crippen LogP contribution is 2.26. The Morgan fingerprint density at radius 1 is 1.18 bits per heavy atom. The maximum atomic E-state index is 5.61. The number of rotatable bonds is 8. The van der Waals surface area contributed by atoms with Crippen LogP contribution in [0, 0.1) is 5.92 Å². The molecule has 0 radical (unpaired) electrons. The predicted octanol–water partition coefficient (Wildman–Crippen LogP) is 3.31. The lowest BCUT2D eigenvalue weighted by atomic mass is 9.95. The van der Waals surface area contributed by atoms with E-state index in [4.69, 9.17) is 4.74 Å². The van der Waals surface area contributed by atoms with Gasteiger partial charge < -0.3 is 10.1 Å². The van der Waals surface area contributed by atoms with Gasteiger partial charge in [0.2, 0.25) is 0 Å². The molecular formula is C14H29NOS. The molecular weight excluding hydrogens is 230 g/mol. The fourth-order valence-electron chi connectivity index (χ4n) is 2.26. The summed E-state index contributed by atoms with van der Waals surface area (Å²) >= 11 is 2.03. The number of ether oxygens (including phenoxy) is 1. The number of hydrogen-bond acceptors (Lipinski definition) is 3. The van der Waals surface area contributed by atoms with Crippen LogP contribution >= 0.6 is 11.8 Å². The molecule has 1 aliphatic rings. The third kappa shape index (κ3) is 7.32. The molecule has 0 saturated heterocycles. The van der Waals surface area contributed by atoms with Gasteiger partial charge in [0.05, 0.1) is 6.61 Å². The molecule has 1 rings (SSSR count). The van der Waals surface area contributed by atoms with Gasteiger partial charge in [-0.3, -0.25) is 0 Å². The lowest BCUT2D eigenvalue weighted by Crippen LogP contribution is -2.35. The summed E-state index contributed by atoms with van der Waals surface area (Å²) in [4.78, 5) is 0. The lowest BCUT2D eigenvalue weighted by molar-refractivity contribution is 0.122. The third-order valence-corrected chi connectivity index (χ3v) is 4.66. The molecule has 0 unspecified atom stereocenters. The van der Waals surface area contributed by atoms with Crippen molar-refractivity contribution >= 4 is 11.8 Å². The molecule has 1 saturated carbocycles. The van der Waals surface area contributed by atoms with Gasteiger partial charge in [0, 0.05) is 24.4 Å². The second kappa shape index (κ2) is 9.23. The molecule has 0 aromatic rings. The van der Waals surface area contributed by atoms with Gasteiger partial charge in [-0.05, 0) is 44.3 Å². The van der Waals surface area contributed by atoms with Gasteiger partial charge in [-0.1, -0.05) is 13.8 Å². The predicted molar refractivity (Wildman–Crippen MR) is 77.8 cm³/mol. The van der Waals surface area contributed by atoms with Crippen molar-refractivity contribution in [2.45, 2.75) is 57.2 Å². The van der Waals surface area contributed by atoms with Crippen molar-refractivity contribution in [2.24, 2.45) is 5.92 Å². The second-order valence-corrected chi connectivity index (χ2v) is 6.60. The van der Waals surface area contributed by atoms with Crippen molar-refractivity contribution in [3.63, 3.8) is 0 Å². The number of thioether (sulfide) groups is 1. The summed E-state index contributed by atoms with van der Waals surface area (Å²) in [5, 5.41) is 4.53. The van der Waals surface area contributed by atoms with Gasteiger partial charge in [-0.25, -0.2) is 0 Å². The van der Waals surface area contributed by atoms with Gasteiger partial charge in [0.15, 0.2) is 0 Å². The van der Waals surface area contributed by atoms with Gasteiger partial charge in [-0.2, -0.15) is 11.8 Å². The molecule has 1 N–H and O–H groups in total. The van der Waals surface area contributed by atoms with Gasteiger partial charge in [0.1, 0.15) is 0 Å². The SMILES string of the molecule is CSC1CCC(NCCOCCC(C)C)CC1. The summed E-state index contributed by atoms with van der Waals surface area (Å²) in [6.45, 7) is 7.29. The summed E-state index contributed by atoms with van der Waals surface area (Å²) < 4.78 is 5.61. The van der Waals surface area contributed by atoms with Crippen LogP contribution in [0.15, 0.2) is 0 Å². The Balaban J connectivity index is 1.90. The van der Waals surface area contributed by atoms with Crippen LogP contribution in [0.2, 0.25) is 0 Å². The van der Waals surface area contributed by atoms with E-state index in [1.807, 2.05) is 11.8 Å². The van der Waals surface area contributed by atoms with Crippen LogP contribution in [-0.4, -0.2) is 37.3 Å². The first-order chi connectivity index (χ1) is 8.22. The van der Waals surface area contributed by atoms with E-state index < -0.39 is 0 Å². The van der Waals surface area contributed by atoms with Gasteiger partial charge in [0.25, 0.3) is 0 Å². The molecule has 0 heterocycles. The molecule has 0 amide bonds. The molecule has 1 aliphatic carbocycles. The molecule has 0 bridgehead atoms. The van der Waals surface area contributed by atoms with E-state index in [0.29, 0.717) is 0 Å². The highest BCUT2D eigenvalue weighted by Gasteiger charge is 2.19. The number of nitrogens with one attached hydrogen (secondary N) is 1. The first-order valence-electron chi connectivity index (χ1n) is 7.06. The molecule has 102 valence electrons. The smallest absolute Gasteiger partial charge is 0.0591 e. The maximum Gasteiger partial charge on any atom is 0.0591 e. The zero-order valence-electron chi connectivity index (χ0n) is 11.7. The molecule has 17 heavy (non-hydrogen) atoms. The van der Waals surface area contributed by atoms with Crippen LogP contribution in [0.5, 0.6) is 0 Å². The van der Waals surface area contributed by atoms with E-state index in [1.165, 1.54) is 32.1 Å². The van der Waals surface area contributed by atoms with Crippen molar-refractivity contribution in [1.29, 1.82) is 0 Å². The summed E-state index contributed by atoms with van der Waals surface area (Å²) in [6.07, 6.45) is 8.87. The Bertz CT molecular complexity index is 179. The molecule has 0 aromatic carbocycles. The minimum atomic E-state index is 0.743. The van der Waals surface area contributed by atoms with Crippen LogP contribution in [0.25, 0.3) is 0 Å². The van der Waals surface area contributed by atoms with Crippen molar-refractivity contribution in [3.05, 3.63) is 0 Å². The largest absolute Gasteiger partial charge is 0.380 e. The van der Waals surface area contributed by atoms with E-state index in [1.54, 1.807) is 0 Å². The van der Waals surface area contributed by atoms with Crippen LogP contribution in [0.4, 0.5) is 0 Å². The molecule has 3 heteroatoms. The minimum Gasteiger partial charge on any atom is -0.380 e. The van der Waals surface area contributed by atoms with Crippen LogP contribution in [-0.2, 0) is 4.74 Å². The standard InChI is InChI=1S/C14H29NOS/c1-12(2)8-10-16-11-9-15-13-4-6-14(17-3)7-5-13/h12-15H,4-11H2,1-3H3. The van der Waals surface area contributed by atoms with E-state index in [-0.39, 0.29) is 0 Å². The average Bonchev–Trinajstić information content (AvgIpc) is 2.34. The minimum absolute atomic E-state index is 0.743. The summed E-state index contributed by atoms with van der Waals surface area (Å²) in [7, 11) is 0. The lowest BCUT2D eigenvalue weighted by Gasteiger charge is -2.28. The van der Waals surface area contributed by atoms with E-state index >= 15 is 0 Å². The zero-order valence-corrected chi connectivity index (χ0v) is 12.5. The summed E-state index contributed by atoms with van der Waals surface area (Å²) in [6, 6.07) is 0.743. The van der Waals surface area contributed by atoms with Crippen LogP contribution in [0.1, 0.15) is 46.0 Å². The van der Waals surface area contributed by atoms with Crippen molar-refractivity contribution in [2.75, 3.05) is 26.0 Å². The third-order valence-electron chi connectivity index (χ3n) is 3.53. The Morgan fingerprint density at radius 2 is 1.88 bits per heavy atom. The highest BCUT2D eigenvalue weighted by atomic mass is 32.2. The normalized spacial score (nSPS) is 25.4. The van der Waals surface area contributed by atoms with E-state index in [2.05, 4.69) is 25.4 Å². The van der Waals surface area contributed by atoms with Gasteiger partial charge >= 0.3 is 0 Å². The highest BCUT2D eigenvalue weighted by molar-refractivity contribution is 7.99. The topological polar surface area (TPSA) is 21.3 Å². The van der Waals surface area contributed by atoms with Crippen molar-refractivity contribution in [1.82, 2.24) is 5.32 Å². The Hall–Kier alpha value is 0.270. The Kier molecular flexibility index (Phi) is 8.33. The maximum absolute atomic E-state index is 5.61. The van der Waals surface area contributed by atoms with Crippen LogP contribution < -0.4 is 5.32 Å². The van der Waals surface area contributed by atoms with Crippen LogP contribution in [0.3, 0.4) is 0 Å². The zero-order chi connectivity index (χ0) is 12.5.